The molecule has 5 unspecified atom stereocenters. The number of guanidine groups is 1. The molecule has 16 heteroatoms. The number of nitrogens with two attached hydrogens (primary N) is 4. The van der Waals surface area contributed by atoms with Crippen LogP contribution in [0.3, 0.4) is 0 Å². The molecule has 39 heavy (non-hydrogen) atoms. The highest BCUT2D eigenvalue weighted by Crippen LogP contribution is 2.08. The third kappa shape index (κ3) is 12.3. The number of carboxylic acid groups (broad SMARTS) is 1. The second-order valence-electron chi connectivity index (χ2n) is 9.17. The van der Waals surface area contributed by atoms with Gasteiger partial charge in [-0.05, 0) is 25.2 Å². The molecule has 0 aliphatic carbocycles. The number of carbonyl (C=O) groups is 5. The highest BCUT2D eigenvalue weighted by Gasteiger charge is 2.31. The maximum absolute atomic E-state index is 13.2. The van der Waals surface area contributed by atoms with Gasteiger partial charge in [0, 0.05) is 31.3 Å². The summed E-state index contributed by atoms with van der Waals surface area (Å²) in [5.41, 5.74) is 22.4. The van der Waals surface area contributed by atoms with Gasteiger partial charge >= 0.3 is 5.97 Å². The Kier molecular flexibility index (Phi) is 14.0. The van der Waals surface area contributed by atoms with Gasteiger partial charge in [-0.3, -0.25) is 24.2 Å². The Morgan fingerprint density at radius 2 is 1.59 bits per heavy atom. The van der Waals surface area contributed by atoms with E-state index in [0.717, 1.165) is 0 Å². The van der Waals surface area contributed by atoms with Crippen molar-refractivity contribution < 1.29 is 29.1 Å². The molecule has 0 saturated carbocycles. The van der Waals surface area contributed by atoms with Gasteiger partial charge in [-0.2, -0.15) is 0 Å². The molecule has 0 saturated heterocycles. The number of nitrogens with one attached hydrogen (secondary N) is 4. The maximum atomic E-state index is 13.2. The molecule has 0 bridgehead atoms. The second-order valence-corrected chi connectivity index (χ2v) is 9.17. The van der Waals surface area contributed by atoms with Gasteiger partial charge in [-0.25, -0.2) is 9.78 Å². The van der Waals surface area contributed by atoms with Crippen molar-refractivity contribution >= 4 is 35.6 Å². The molecule has 13 N–H and O–H groups in total. The van der Waals surface area contributed by atoms with Gasteiger partial charge < -0.3 is 49.0 Å². The molecule has 0 spiro atoms. The summed E-state index contributed by atoms with van der Waals surface area (Å²) in [4.78, 5) is 72.5. The van der Waals surface area contributed by atoms with Gasteiger partial charge in [-0.15, -0.1) is 0 Å². The number of primary amides is 1. The quantitative estimate of drug-likeness (QED) is 0.0511. The molecule has 218 valence electrons. The summed E-state index contributed by atoms with van der Waals surface area (Å²) in [6.45, 7) is 3.85. The molecule has 16 nitrogen and oxygen atoms in total. The number of hydrogen-bond acceptors (Lipinski definition) is 8. The van der Waals surface area contributed by atoms with Crippen LogP contribution in [0.1, 0.15) is 51.6 Å². The van der Waals surface area contributed by atoms with Crippen LogP contribution in [0.15, 0.2) is 17.5 Å². The van der Waals surface area contributed by atoms with Crippen molar-refractivity contribution in [3.05, 3.63) is 18.2 Å². The molecule has 1 aromatic heterocycles. The van der Waals surface area contributed by atoms with Crippen LogP contribution in [0.2, 0.25) is 0 Å². The van der Waals surface area contributed by atoms with E-state index >= 15 is 0 Å². The molecule has 1 heterocycles. The highest BCUT2D eigenvalue weighted by molar-refractivity contribution is 5.94. The Bertz CT molecular complexity index is 996. The molecule has 4 amide bonds. The monoisotopic (exact) mass is 552 g/mol. The molecule has 0 aliphatic rings. The van der Waals surface area contributed by atoms with Crippen molar-refractivity contribution in [2.75, 3.05) is 6.54 Å². The summed E-state index contributed by atoms with van der Waals surface area (Å²) in [6, 6.07) is -4.68. The lowest BCUT2D eigenvalue weighted by Gasteiger charge is -2.26. The van der Waals surface area contributed by atoms with Crippen LogP contribution in [0.5, 0.6) is 0 Å². The van der Waals surface area contributed by atoms with Crippen molar-refractivity contribution in [1.82, 2.24) is 25.9 Å². The topological polar surface area (TPSA) is 287 Å². The van der Waals surface area contributed by atoms with Gasteiger partial charge in [-0.1, -0.05) is 20.3 Å². The van der Waals surface area contributed by atoms with Crippen molar-refractivity contribution in [3.63, 3.8) is 0 Å². The smallest absolute Gasteiger partial charge is 0.326 e. The Morgan fingerprint density at radius 3 is 2.10 bits per heavy atom. The molecule has 0 aromatic carbocycles. The van der Waals surface area contributed by atoms with E-state index < -0.39 is 53.8 Å². The average molecular weight is 553 g/mol. The zero-order valence-corrected chi connectivity index (χ0v) is 22.2. The third-order valence-electron chi connectivity index (χ3n) is 6.04. The molecule has 1 aromatic rings. The fourth-order valence-corrected chi connectivity index (χ4v) is 3.47. The Morgan fingerprint density at radius 1 is 1.00 bits per heavy atom. The number of rotatable bonds is 18. The normalized spacial score (nSPS) is 14.6. The van der Waals surface area contributed by atoms with Gasteiger partial charge in [0.25, 0.3) is 0 Å². The van der Waals surface area contributed by atoms with Crippen LogP contribution < -0.4 is 38.9 Å². The number of aromatic amines is 1. The number of hydrogen-bond donors (Lipinski definition) is 9. The third-order valence-corrected chi connectivity index (χ3v) is 6.04. The Hall–Kier alpha value is -4.21. The standard InChI is InChI=1S/C23H40N10O6/c1-3-12(2)18(25)21(37)32-14(5-4-8-29-23(26)27)19(35)31-15(6-7-17(24)34)20(36)33-16(22(38)39)9-13-10-28-11-30-13/h10-12,14-16,18H,3-9,25H2,1-2H3,(H2,24,34)(H,28,30)(H,31,35)(H,32,37)(H,33,36)(H,38,39)(H4,26,27,29). The molecule has 0 radical (unpaired) electrons. The van der Waals surface area contributed by atoms with Crippen LogP contribution in [0, 0.1) is 5.92 Å². The van der Waals surface area contributed by atoms with Crippen molar-refractivity contribution in [2.24, 2.45) is 33.8 Å². The van der Waals surface area contributed by atoms with Crippen LogP contribution in [0.25, 0.3) is 0 Å². The van der Waals surface area contributed by atoms with E-state index in [1.807, 2.05) is 6.92 Å². The first-order valence-corrected chi connectivity index (χ1v) is 12.6. The molecule has 1 rings (SSSR count). The van der Waals surface area contributed by atoms with E-state index in [1.54, 1.807) is 6.92 Å². The average Bonchev–Trinajstić information content (AvgIpc) is 3.39. The first-order chi connectivity index (χ1) is 18.3. The fraction of sp³-hybridized carbons (Fsp3) is 0.609. The number of nitrogens with zero attached hydrogens (tertiary/aromatic N) is 2. The van der Waals surface area contributed by atoms with E-state index in [0.29, 0.717) is 18.5 Å². The van der Waals surface area contributed by atoms with Crippen LogP contribution in [-0.4, -0.2) is 81.3 Å². The number of carboxylic acids is 1. The van der Waals surface area contributed by atoms with Gasteiger partial charge in [0.05, 0.1) is 12.4 Å². The van der Waals surface area contributed by atoms with Crippen molar-refractivity contribution in [3.8, 4) is 0 Å². The summed E-state index contributed by atoms with van der Waals surface area (Å²) < 4.78 is 0. The van der Waals surface area contributed by atoms with Gasteiger partial charge in [0.2, 0.25) is 23.6 Å². The molecular formula is C23H40N10O6. The number of aliphatic carboxylic acids is 1. The Balaban J connectivity index is 3.07. The predicted octanol–water partition coefficient (Wildman–Crippen LogP) is -2.82. The number of aliphatic imine (C=N–C) groups is 1. The summed E-state index contributed by atoms with van der Waals surface area (Å²) in [5, 5.41) is 17.0. The minimum Gasteiger partial charge on any atom is -0.480 e. The number of imidazole rings is 1. The lowest BCUT2D eigenvalue weighted by Crippen LogP contribution is -2.57. The fourth-order valence-electron chi connectivity index (χ4n) is 3.47. The molecule has 0 aliphatic heterocycles. The minimum atomic E-state index is -1.35. The van der Waals surface area contributed by atoms with Crippen LogP contribution in [-0.2, 0) is 30.4 Å². The minimum absolute atomic E-state index is 0.101. The number of carbonyl (C=O) groups excluding carboxylic acids is 4. The summed E-state index contributed by atoms with van der Waals surface area (Å²) in [5.74, 6) is -4.49. The van der Waals surface area contributed by atoms with E-state index in [-0.39, 0.29) is 44.1 Å². The van der Waals surface area contributed by atoms with E-state index in [2.05, 4.69) is 30.9 Å². The largest absolute Gasteiger partial charge is 0.480 e. The second kappa shape index (κ2) is 16.6. The predicted molar refractivity (Wildman–Crippen MR) is 141 cm³/mol. The van der Waals surface area contributed by atoms with E-state index in [4.69, 9.17) is 22.9 Å². The number of amides is 4. The van der Waals surface area contributed by atoms with Crippen LogP contribution in [0.4, 0.5) is 0 Å². The van der Waals surface area contributed by atoms with E-state index in [1.165, 1.54) is 12.5 Å². The maximum Gasteiger partial charge on any atom is 0.326 e. The van der Waals surface area contributed by atoms with Gasteiger partial charge in [0.15, 0.2) is 5.96 Å². The summed E-state index contributed by atoms with van der Waals surface area (Å²) >= 11 is 0. The SMILES string of the molecule is CCC(C)C(N)C(=O)NC(CCCN=C(N)N)C(=O)NC(CCC(N)=O)C(=O)NC(Cc1cnc[nH]1)C(=O)O. The first kappa shape index (κ1) is 32.8. The first-order valence-electron chi connectivity index (χ1n) is 12.6. The molecule has 0 fully saturated rings. The molecule has 5 atom stereocenters. The summed E-state index contributed by atoms with van der Waals surface area (Å²) in [6.07, 6.45) is 3.24. The van der Waals surface area contributed by atoms with Crippen molar-refractivity contribution in [2.45, 2.75) is 76.5 Å². The zero-order chi connectivity index (χ0) is 29.5. The van der Waals surface area contributed by atoms with Crippen LogP contribution >= 0.6 is 0 Å². The lowest BCUT2D eigenvalue weighted by molar-refractivity contribution is -0.142. The lowest BCUT2D eigenvalue weighted by atomic mass is 9.98. The van der Waals surface area contributed by atoms with Crippen molar-refractivity contribution in [1.29, 1.82) is 0 Å². The number of aromatic nitrogens is 2. The summed E-state index contributed by atoms with van der Waals surface area (Å²) in [7, 11) is 0. The van der Waals surface area contributed by atoms with E-state index in [9.17, 15) is 29.1 Å². The number of H-pyrrole nitrogens is 1. The highest BCUT2D eigenvalue weighted by atomic mass is 16.4. The molecular weight excluding hydrogens is 512 g/mol. The van der Waals surface area contributed by atoms with Gasteiger partial charge in [0.1, 0.15) is 18.1 Å². The zero-order valence-electron chi connectivity index (χ0n) is 22.2. The Labute approximate surface area is 226 Å².